The zero-order valence-electron chi connectivity index (χ0n) is 22.8. The van der Waals surface area contributed by atoms with Crippen LogP contribution in [0.5, 0.6) is 0 Å². The van der Waals surface area contributed by atoms with Gasteiger partial charge in [0.1, 0.15) is 0 Å². The molecule has 198 valence electrons. The van der Waals surface area contributed by atoms with Crippen molar-refractivity contribution in [3.8, 4) is 0 Å². The van der Waals surface area contributed by atoms with Gasteiger partial charge in [0.05, 0.1) is 6.10 Å². The SMILES string of the molecule is CCCCCCCCC(C)OC(=O)CCCCCCCN(CCCO)CCCCCCCC. The van der Waals surface area contributed by atoms with E-state index < -0.39 is 0 Å². The Bertz CT molecular complexity index is 402. The highest BCUT2D eigenvalue weighted by atomic mass is 16.5. The summed E-state index contributed by atoms with van der Waals surface area (Å²) in [6, 6.07) is 0. The van der Waals surface area contributed by atoms with E-state index in [1.807, 2.05) is 6.92 Å². The monoisotopic (exact) mass is 469 g/mol. The van der Waals surface area contributed by atoms with Gasteiger partial charge in [0.15, 0.2) is 0 Å². The number of hydrogen-bond acceptors (Lipinski definition) is 4. The van der Waals surface area contributed by atoms with E-state index >= 15 is 0 Å². The average Bonchev–Trinajstić information content (AvgIpc) is 2.80. The van der Waals surface area contributed by atoms with Gasteiger partial charge in [-0.05, 0) is 58.5 Å². The molecule has 0 radical (unpaired) electrons. The summed E-state index contributed by atoms with van der Waals surface area (Å²) in [5.41, 5.74) is 0. The average molecular weight is 470 g/mol. The fourth-order valence-corrected chi connectivity index (χ4v) is 4.43. The summed E-state index contributed by atoms with van der Waals surface area (Å²) in [5, 5.41) is 9.17. The summed E-state index contributed by atoms with van der Waals surface area (Å²) in [6.45, 7) is 10.2. The maximum atomic E-state index is 12.0. The molecule has 33 heavy (non-hydrogen) atoms. The minimum atomic E-state index is -0.0115. The predicted molar refractivity (Wildman–Crippen MR) is 143 cm³/mol. The zero-order chi connectivity index (χ0) is 24.4. The number of unbranched alkanes of at least 4 members (excludes halogenated alkanes) is 14. The standard InChI is InChI=1S/C29H59NO3/c1-4-6-8-10-13-17-22-28(3)33-29(32)23-18-14-12-16-20-25-30(26-21-27-31)24-19-15-11-9-7-5-2/h28,31H,4-27H2,1-3H3. The summed E-state index contributed by atoms with van der Waals surface area (Å²) in [5.74, 6) is -0.0115. The molecular weight excluding hydrogens is 410 g/mol. The molecule has 0 aromatic rings. The van der Waals surface area contributed by atoms with Gasteiger partial charge in [-0.15, -0.1) is 0 Å². The van der Waals surface area contributed by atoms with Crippen LogP contribution in [0, 0.1) is 0 Å². The fraction of sp³-hybridized carbons (Fsp3) is 0.966. The number of aliphatic hydroxyl groups is 1. The Balaban J connectivity index is 3.66. The first-order valence-electron chi connectivity index (χ1n) is 14.7. The molecule has 0 aliphatic rings. The molecule has 0 saturated heterocycles. The van der Waals surface area contributed by atoms with Gasteiger partial charge in [-0.3, -0.25) is 4.79 Å². The first kappa shape index (κ1) is 32.4. The van der Waals surface area contributed by atoms with E-state index in [1.165, 1.54) is 103 Å². The molecule has 0 aromatic heterocycles. The molecule has 0 aliphatic heterocycles. The molecule has 4 heteroatoms. The summed E-state index contributed by atoms with van der Waals surface area (Å²) >= 11 is 0. The number of carbonyl (C=O) groups excluding carboxylic acids is 1. The lowest BCUT2D eigenvalue weighted by atomic mass is 10.1. The van der Waals surface area contributed by atoms with Crippen molar-refractivity contribution in [2.75, 3.05) is 26.2 Å². The molecular formula is C29H59NO3. The molecule has 0 heterocycles. The van der Waals surface area contributed by atoms with Gasteiger partial charge in [0, 0.05) is 19.6 Å². The molecule has 1 atom stereocenters. The first-order valence-corrected chi connectivity index (χ1v) is 14.7. The third-order valence-corrected chi connectivity index (χ3v) is 6.61. The maximum absolute atomic E-state index is 12.0. The summed E-state index contributed by atoms with van der Waals surface area (Å²) in [4.78, 5) is 14.6. The quantitative estimate of drug-likeness (QED) is 0.103. The molecule has 0 bridgehead atoms. The van der Waals surface area contributed by atoms with Gasteiger partial charge >= 0.3 is 5.97 Å². The number of rotatable bonds is 26. The van der Waals surface area contributed by atoms with Crippen molar-refractivity contribution in [1.82, 2.24) is 4.90 Å². The van der Waals surface area contributed by atoms with Crippen LogP contribution < -0.4 is 0 Å². The third kappa shape index (κ3) is 24.3. The number of hydrogen-bond donors (Lipinski definition) is 1. The second kappa shape index (κ2) is 26.0. The number of nitrogens with zero attached hydrogens (tertiary/aromatic N) is 1. The molecule has 0 spiro atoms. The van der Waals surface area contributed by atoms with E-state index in [-0.39, 0.29) is 12.1 Å². The summed E-state index contributed by atoms with van der Waals surface area (Å²) in [7, 11) is 0. The second-order valence-corrected chi connectivity index (χ2v) is 10.1. The molecule has 0 saturated carbocycles. The number of aliphatic hydroxyl groups excluding tert-OH is 1. The van der Waals surface area contributed by atoms with Crippen LogP contribution in [-0.4, -0.2) is 48.3 Å². The largest absolute Gasteiger partial charge is 0.463 e. The van der Waals surface area contributed by atoms with Crippen molar-refractivity contribution in [2.24, 2.45) is 0 Å². The van der Waals surface area contributed by atoms with Gasteiger partial charge in [-0.1, -0.05) is 97.3 Å². The van der Waals surface area contributed by atoms with Crippen LogP contribution in [0.15, 0.2) is 0 Å². The Kier molecular flexibility index (Phi) is 25.5. The van der Waals surface area contributed by atoms with Crippen LogP contribution in [0.1, 0.15) is 149 Å². The van der Waals surface area contributed by atoms with Gasteiger partial charge in [-0.25, -0.2) is 0 Å². The minimum Gasteiger partial charge on any atom is -0.463 e. The maximum Gasteiger partial charge on any atom is 0.306 e. The Morgan fingerprint density at radius 3 is 1.67 bits per heavy atom. The number of esters is 1. The first-order chi connectivity index (χ1) is 16.1. The van der Waals surface area contributed by atoms with Crippen LogP contribution in [0.25, 0.3) is 0 Å². The predicted octanol–water partition coefficient (Wildman–Crippen LogP) is 8.05. The van der Waals surface area contributed by atoms with Gasteiger partial charge in [0.2, 0.25) is 0 Å². The van der Waals surface area contributed by atoms with E-state index in [4.69, 9.17) is 9.84 Å². The van der Waals surface area contributed by atoms with E-state index in [2.05, 4.69) is 18.7 Å². The second-order valence-electron chi connectivity index (χ2n) is 10.1. The minimum absolute atomic E-state index is 0.0115. The highest BCUT2D eigenvalue weighted by Crippen LogP contribution is 2.13. The van der Waals surface area contributed by atoms with Crippen LogP contribution >= 0.6 is 0 Å². The summed E-state index contributed by atoms with van der Waals surface area (Å²) in [6.07, 6.45) is 24.0. The normalized spacial score (nSPS) is 12.4. The molecule has 0 aliphatic carbocycles. The highest BCUT2D eigenvalue weighted by molar-refractivity contribution is 5.69. The van der Waals surface area contributed by atoms with Crippen molar-refractivity contribution < 1.29 is 14.6 Å². The Morgan fingerprint density at radius 2 is 1.12 bits per heavy atom. The smallest absolute Gasteiger partial charge is 0.306 e. The summed E-state index contributed by atoms with van der Waals surface area (Å²) < 4.78 is 5.58. The van der Waals surface area contributed by atoms with E-state index in [9.17, 15) is 4.79 Å². The third-order valence-electron chi connectivity index (χ3n) is 6.61. The van der Waals surface area contributed by atoms with Crippen molar-refractivity contribution in [2.45, 2.75) is 155 Å². The molecule has 1 N–H and O–H groups in total. The van der Waals surface area contributed by atoms with E-state index in [1.54, 1.807) is 0 Å². The molecule has 0 aromatic carbocycles. The number of ether oxygens (including phenoxy) is 1. The van der Waals surface area contributed by atoms with Gasteiger partial charge in [-0.2, -0.15) is 0 Å². The topological polar surface area (TPSA) is 49.8 Å². The van der Waals surface area contributed by atoms with Gasteiger partial charge in [0.25, 0.3) is 0 Å². The Labute approximate surface area is 207 Å². The fourth-order valence-electron chi connectivity index (χ4n) is 4.43. The lowest BCUT2D eigenvalue weighted by molar-refractivity contribution is -0.148. The molecule has 0 rings (SSSR count). The molecule has 4 nitrogen and oxygen atoms in total. The van der Waals surface area contributed by atoms with E-state index in [0.717, 1.165) is 38.8 Å². The highest BCUT2D eigenvalue weighted by Gasteiger charge is 2.09. The van der Waals surface area contributed by atoms with Crippen molar-refractivity contribution in [3.63, 3.8) is 0 Å². The Hall–Kier alpha value is -0.610. The van der Waals surface area contributed by atoms with Crippen molar-refractivity contribution >= 4 is 5.97 Å². The molecule has 1 unspecified atom stereocenters. The van der Waals surface area contributed by atoms with Crippen LogP contribution in [0.2, 0.25) is 0 Å². The zero-order valence-corrected chi connectivity index (χ0v) is 22.8. The lowest BCUT2D eigenvalue weighted by Crippen LogP contribution is -2.27. The van der Waals surface area contributed by atoms with Crippen molar-refractivity contribution in [3.05, 3.63) is 0 Å². The van der Waals surface area contributed by atoms with Crippen molar-refractivity contribution in [1.29, 1.82) is 0 Å². The van der Waals surface area contributed by atoms with Crippen LogP contribution in [0.4, 0.5) is 0 Å². The number of carbonyl (C=O) groups is 1. The van der Waals surface area contributed by atoms with E-state index in [0.29, 0.717) is 13.0 Å². The molecule has 0 amide bonds. The lowest BCUT2D eigenvalue weighted by Gasteiger charge is -2.22. The van der Waals surface area contributed by atoms with Crippen LogP contribution in [0.3, 0.4) is 0 Å². The molecule has 0 fully saturated rings. The van der Waals surface area contributed by atoms with Gasteiger partial charge < -0.3 is 14.7 Å². The Morgan fingerprint density at radius 1 is 0.667 bits per heavy atom. The van der Waals surface area contributed by atoms with Crippen LogP contribution in [-0.2, 0) is 9.53 Å².